The third-order valence-corrected chi connectivity index (χ3v) is 17.1. The first-order valence-electron chi connectivity index (χ1n) is 35.0. The summed E-state index contributed by atoms with van der Waals surface area (Å²) in [5, 5.41) is 28.0. The third-order valence-electron chi connectivity index (χ3n) is 17.1. The van der Waals surface area contributed by atoms with Gasteiger partial charge in [-0.1, -0.05) is 103 Å². The van der Waals surface area contributed by atoms with Crippen molar-refractivity contribution in [1.82, 2.24) is 58.2 Å². The van der Waals surface area contributed by atoms with Gasteiger partial charge in [-0.25, -0.2) is 0 Å². The summed E-state index contributed by atoms with van der Waals surface area (Å²) in [4.78, 5) is 176. The minimum Gasteiger partial charge on any atom is -0.370 e. The SMILES string of the molecule is CC[C@H](C)[C@H](NC(=O)[C@H](CCCN=C(N)N)NC(=O)[C@H](C)NC(=O)[C@H](C)N)C(=O)N[C@H](C(=O)N[C@@H](CC(C)C)C(=O)N[C@@H](CCCN=C(N)N)C(=O)N[C@@H](Cc1c[nH]c2ccccc12)C(=O)N[C@@H](CCCN=C(N)N)C(=O)N[C@@H](Cc1ccccc1)C(=O)N[C@@H](CCCN=C(N)N)C(N)=O)[C@@H](C)CC. The van der Waals surface area contributed by atoms with E-state index in [1.165, 1.54) is 13.8 Å². The van der Waals surface area contributed by atoms with Crippen LogP contribution in [0.2, 0.25) is 0 Å². The van der Waals surface area contributed by atoms with E-state index in [0.29, 0.717) is 34.9 Å². The van der Waals surface area contributed by atoms with Crippen LogP contribution in [-0.4, -0.2) is 186 Å². The Balaban J connectivity index is 2.09. The number of hydrogen-bond donors (Lipinski definition) is 21. The molecule has 1 heterocycles. The molecule has 0 radical (unpaired) electrons. The van der Waals surface area contributed by atoms with Crippen LogP contribution in [-0.2, 0) is 65.6 Å². The van der Waals surface area contributed by atoms with E-state index >= 15 is 9.59 Å². The molecule has 0 aliphatic rings. The molecule has 0 aliphatic carbocycles. The molecule has 0 bridgehead atoms. The predicted octanol–water partition coefficient (Wildman–Crippen LogP) is -3.99. The molecule has 576 valence electrons. The monoisotopic (exact) mass is 1460 g/mol. The van der Waals surface area contributed by atoms with Crippen LogP contribution in [0.25, 0.3) is 10.9 Å². The number of nitrogens with zero attached hydrogens (tertiary/aromatic N) is 4. The predicted molar refractivity (Wildman–Crippen MR) is 398 cm³/mol. The molecule has 0 aliphatic heterocycles. The first-order valence-corrected chi connectivity index (χ1v) is 35.0. The van der Waals surface area contributed by atoms with E-state index in [1.807, 2.05) is 6.07 Å². The second-order valence-corrected chi connectivity index (χ2v) is 26.3. The third kappa shape index (κ3) is 31.6. The Kier molecular flexibility index (Phi) is 38.0. The lowest BCUT2D eigenvalue weighted by atomic mass is 9.94. The lowest BCUT2D eigenvalue weighted by Gasteiger charge is -2.31. The number of para-hydroxylation sites is 1. The van der Waals surface area contributed by atoms with Crippen LogP contribution in [0.1, 0.15) is 137 Å². The van der Waals surface area contributed by atoms with Crippen molar-refractivity contribution >= 4 is 99.7 Å². The number of rotatable bonds is 47. The molecule has 31 N–H and O–H groups in total. The molecule has 0 fully saturated rings. The van der Waals surface area contributed by atoms with Gasteiger partial charge in [-0.15, -0.1) is 0 Å². The van der Waals surface area contributed by atoms with Crippen molar-refractivity contribution in [2.24, 2.45) is 95.1 Å². The van der Waals surface area contributed by atoms with Crippen molar-refractivity contribution in [2.45, 2.75) is 205 Å². The summed E-state index contributed by atoms with van der Waals surface area (Å²) in [7, 11) is 0. The maximum atomic E-state index is 15.2. The highest BCUT2D eigenvalue weighted by Crippen LogP contribution is 2.21. The number of amides is 11. The summed E-state index contributed by atoms with van der Waals surface area (Å²) in [5.74, 6) is -11.0. The molecule has 3 rings (SSSR count). The van der Waals surface area contributed by atoms with Gasteiger partial charge in [0.1, 0.15) is 60.4 Å². The second kappa shape index (κ2) is 45.2. The van der Waals surface area contributed by atoms with Crippen LogP contribution in [0.5, 0.6) is 0 Å². The summed E-state index contributed by atoms with van der Waals surface area (Å²) >= 11 is 0. The molecular formula is C68H113N25O11. The Labute approximate surface area is 606 Å². The standard InChI is InChI=1S/C68H113N25O11/c1-9-37(5)52(93-64(104)53(38(6)10-2)92-59(99)48(27-19-31-82-68(77)78)86-56(96)40(8)84-55(95)39(7)69)63(103)91-49(32-36(3)4)60(100)87-47(26-18-30-81-67(75)76)58(98)90-51(34-42-35-83-44-23-15-14-22-43(42)44)62(102)88-46(25-17-29-80-66(73)74)57(97)89-50(33-41-20-12-11-13-21-41)61(101)85-45(54(70)94)24-16-28-79-65(71)72/h11-15,20-23,35-40,45-53,83H,9-10,16-19,24-34,69H2,1-8H3,(H2,70,94)(H,84,95)(H,85,101)(H,86,96)(H,87,100)(H,88,102)(H,89,97)(H,90,98)(H,91,103)(H,92,99)(H,93,104)(H4,71,72,79)(H4,73,74,80)(H4,75,76,81)(H4,77,78,82)/t37-,38-,39-,40-,45-,46-,47-,48-,49-,50-,51-,52-,53-/m0/s1. The van der Waals surface area contributed by atoms with Gasteiger partial charge in [0.15, 0.2) is 23.8 Å². The van der Waals surface area contributed by atoms with Crippen molar-refractivity contribution in [3.8, 4) is 0 Å². The first kappa shape index (κ1) is 87.4. The van der Waals surface area contributed by atoms with Crippen LogP contribution >= 0.6 is 0 Å². The van der Waals surface area contributed by atoms with Gasteiger partial charge in [0.05, 0.1) is 6.04 Å². The first-order chi connectivity index (χ1) is 49.1. The Bertz CT molecular complexity index is 3440. The van der Waals surface area contributed by atoms with Gasteiger partial charge >= 0.3 is 0 Å². The topological polar surface area (TPSA) is 633 Å². The number of nitrogens with two attached hydrogens (primary N) is 10. The van der Waals surface area contributed by atoms with Crippen LogP contribution in [0.15, 0.2) is 80.8 Å². The zero-order valence-corrected chi connectivity index (χ0v) is 60.9. The highest BCUT2D eigenvalue weighted by atomic mass is 16.2. The molecule has 3 aromatic rings. The highest BCUT2D eigenvalue weighted by Gasteiger charge is 2.38. The molecule has 36 heteroatoms. The quantitative estimate of drug-likeness (QED) is 0.0146. The van der Waals surface area contributed by atoms with Gasteiger partial charge in [-0.2, -0.15) is 0 Å². The molecule has 13 atom stereocenters. The molecule has 0 saturated heterocycles. The number of hydrogen-bond acceptors (Lipinski definition) is 16. The normalized spacial score (nSPS) is 14.8. The number of aromatic nitrogens is 1. The zero-order chi connectivity index (χ0) is 77.8. The highest BCUT2D eigenvalue weighted by molar-refractivity contribution is 6.00. The van der Waals surface area contributed by atoms with Gasteiger partial charge in [-0.05, 0) is 107 Å². The largest absolute Gasteiger partial charge is 0.370 e. The number of benzene rings is 2. The molecule has 104 heavy (non-hydrogen) atoms. The Morgan fingerprint density at radius 3 is 1.18 bits per heavy atom. The van der Waals surface area contributed by atoms with Crippen molar-refractivity contribution in [1.29, 1.82) is 0 Å². The molecule has 36 nitrogen and oxygen atoms in total. The summed E-state index contributed by atoms with van der Waals surface area (Å²) in [6.45, 7) is 13.6. The number of primary amides is 1. The van der Waals surface area contributed by atoms with Crippen molar-refractivity contribution in [3.05, 3.63) is 71.9 Å². The van der Waals surface area contributed by atoms with Crippen LogP contribution in [0.3, 0.4) is 0 Å². The van der Waals surface area contributed by atoms with Crippen molar-refractivity contribution in [2.75, 3.05) is 26.2 Å². The van der Waals surface area contributed by atoms with Gasteiger partial charge in [-0.3, -0.25) is 72.7 Å². The molecule has 0 spiro atoms. The minimum atomic E-state index is -1.51. The summed E-state index contributed by atoms with van der Waals surface area (Å²) in [6, 6.07) is 1.59. The maximum absolute atomic E-state index is 15.2. The van der Waals surface area contributed by atoms with Crippen LogP contribution < -0.4 is 111 Å². The fourth-order valence-electron chi connectivity index (χ4n) is 10.8. The van der Waals surface area contributed by atoms with Gasteiger partial charge < -0.3 is 115 Å². The molecule has 11 amide bonds. The molecule has 1 aromatic heterocycles. The van der Waals surface area contributed by atoms with E-state index in [-0.39, 0.29) is 127 Å². The van der Waals surface area contributed by atoms with Crippen molar-refractivity contribution in [3.63, 3.8) is 0 Å². The number of H-pyrrole nitrogens is 1. The average Bonchev–Trinajstić information content (AvgIpc) is 1.69. The smallest absolute Gasteiger partial charge is 0.243 e. The van der Waals surface area contributed by atoms with E-state index in [0.717, 1.165) is 0 Å². The Morgan fingerprint density at radius 1 is 0.394 bits per heavy atom. The Morgan fingerprint density at radius 2 is 0.750 bits per heavy atom. The number of carbonyl (C=O) groups is 11. The maximum Gasteiger partial charge on any atom is 0.243 e. The number of guanidine groups is 4. The Hall–Kier alpha value is -10.8. The van der Waals surface area contributed by atoms with Crippen molar-refractivity contribution < 1.29 is 52.7 Å². The summed E-state index contributed by atoms with van der Waals surface area (Å²) in [5.41, 5.74) is 57.9. The molecule has 0 unspecified atom stereocenters. The number of nitrogens with one attached hydrogen (secondary N) is 11. The van der Waals surface area contributed by atoms with E-state index < -0.39 is 143 Å². The zero-order valence-electron chi connectivity index (χ0n) is 60.9. The molecule has 2 aromatic carbocycles. The number of carbonyl (C=O) groups excluding carboxylic acids is 11. The number of aromatic amines is 1. The lowest BCUT2D eigenvalue weighted by molar-refractivity contribution is -0.137. The number of aliphatic imine (C=N–C) groups is 4. The molecular weight excluding hydrogens is 1340 g/mol. The van der Waals surface area contributed by atoms with Gasteiger partial charge in [0.25, 0.3) is 0 Å². The van der Waals surface area contributed by atoms with Gasteiger partial charge in [0.2, 0.25) is 65.0 Å². The fraction of sp³-hybridized carbons (Fsp3) is 0.574. The second-order valence-electron chi connectivity index (χ2n) is 26.3. The fourth-order valence-corrected chi connectivity index (χ4v) is 10.8. The van der Waals surface area contributed by atoms with Crippen LogP contribution in [0, 0.1) is 17.8 Å². The number of fused-ring (bicyclic) bond motifs is 1. The average molecular weight is 1460 g/mol. The summed E-state index contributed by atoms with van der Waals surface area (Å²) < 4.78 is 0. The summed E-state index contributed by atoms with van der Waals surface area (Å²) in [6.07, 6.45) is 2.51. The minimum absolute atomic E-state index is 0.00503. The van der Waals surface area contributed by atoms with E-state index in [9.17, 15) is 43.2 Å². The van der Waals surface area contributed by atoms with E-state index in [1.54, 1.807) is 96.3 Å². The van der Waals surface area contributed by atoms with E-state index in [4.69, 9.17) is 57.3 Å². The van der Waals surface area contributed by atoms with Crippen LogP contribution in [0.4, 0.5) is 0 Å². The molecule has 0 saturated carbocycles. The van der Waals surface area contributed by atoms with E-state index in [2.05, 4.69) is 78.1 Å². The lowest BCUT2D eigenvalue weighted by Crippen LogP contribution is -2.62. The van der Waals surface area contributed by atoms with Gasteiger partial charge in [0, 0.05) is 56.1 Å².